The molecule has 0 radical (unpaired) electrons. The Morgan fingerprint density at radius 3 is 2.48 bits per heavy atom. The molecule has 0 aliphatic carbocycles. The number of hydrogen-bond donors (Lipinski definition) is 0. The number of amides is 3. The number of rotatable bonds is 5. The first kappa shape index (κ1) is 20.0. The van der Waals surface area contributed by atoms with E-state index in [2.05, 4.69) is 15.9 Å². The molecular formula is C20H26BrN3O3. The van der Waals surface area contributed by atoms with Crippen LogP contribution in [0.15, 0.2) is 28.7 Å². The molecule has 0 aromatic heterocycles. The van der Waals surface area contributed by atoms with E-state index in [4.69, 9.17) is 0 Å². The molecule has 0 bridgehead atoms. The Morgan fingerprint density at radius 2 is 1.85 bits per heavy atom. The second kappa shape index (κ2) is 8.52. The summed E-state index contributed by atoms with van der Waals surface area (Å²) >= 11 is 3.37. The Hall–Kier alpha value is -1.73. The Kier molecular flexibility index (Phi) is 6.32. The lowest BCUT2D eigenvalue weighted by Gasteiger charge is -2.36. The van der Waals surface area contributed by atoms with Crippen LogP contribution in [0, 0.1) is 5.92 Å². The lowest BCUT2D eigenvalue weighted by Crippen LogP contribution is -2.50. The van der Waals surface area contributed by atoms with E-state index in [0.717, 1.165) is 23.9 Å². The summed E-state index contributed by atoms with van der Waals surface area (Å²) < 4.78 is 0.899. The number of carbonyl (C=O) groups excluding carboxylic acids is 3. The standard InChI is InChI=1S/C20H26BrN3O3/c1-3-22(4-2)19(26)14-6-5-11-23(13-14)17-12-18(25)24(20(17)27)16-9-7-15(21)8-10-16/h7-10,14,17H,3-6,11-13H2,1-2H3/t14-,17+/m1/s1. The fourth-order valence-corrected chi connectivity index (χ4v) is 4.31. The van der Waals surface area contributed by atoms with Gasteiger partial charge in [0, 0.05) is 24.1 Å². The highest BCUT2D eigenvalue weighted by Gasteiger charge is 2.44. The third-order valence-corrected chi connectivity index (χ3v) is 6.05. The van der Waals surface area contributed by atoms with Crippen molar-refractivity contribution in [3.05, 3.63) is 28.7 Å². The first-order chi connectivity index (χ1) is 13.0. The smallest absolute Gasteiger partial charge is 0.251 e. The summed E-state index contributed by atoms with van der Waals surface area (Å²) in [5.74, 6) is -0.294. The van der Waals surface area contributed by atoms with Crippen LogP contribution >= 0.6 is 15.9 Å². The van der Waals surface area contributed by atoms with Crippen LogP contribution in [0.4, 0.5) is 5.69 Å². The molecule has 0 N–H and O–H groups in total. The summed E-state index contributed by atoms with van der Waals surface area (Å²) in [7, 11) is 0. The van der Waals surface area contributed by atoms with Gasteiger partial charge in [-0.1, -0.05) is 15.9 Å². The number of imide groups is 1. The Balaban J connectivity index is 1.72. The third-order valence-electron chi connectivity index (χ3n) is 5.53. The topological polar surface area (TPSA) is 60.9 Å². The molecule has 27 heavy (non-hydrogen) atoms. The summed E-state index contributed by atoms with van der Waals surface area (Å²) in [6.45, 7) is 6.66. The first-order valence-electron chi connectivity index (χ1n) is 9.61. The number of nitrogens with zero attached hydrogens (tertiary/aromatic N) is 3. The van der Waals surface area contributed by atoms with Crippen LogP contribution < -0.4 is 4.90 Å². The predicted octanol–water partition coefficient (Wildman–Crippen LogP) is 2.66. The molecule has 1 aromatic rings. The van der Waals surface area contributed by atoms with Gasteiger partial charge in [0.15, 0.2) is 0 Å². The minimum Gasteiger partial charge on any atom is -0.343 e. The van der Waals surface area contributed by atoms with Gasteiger partial charge in [-0.3, -0.25) is 19.3 Å². The van der Waals surface area contributed by atoms with E-state index in [1.54, 1.807) is 12.1 Å². The fourth-order valence-electron chi connectivity index (χ4n) is 4.05. The van der Waals surface area contributed by atoms with Gasteiger partial charge < -0.3 is 4.90 Å². The van der Waals surface area contributed by atoms with Crippen LogP contribution in [-0.4, -0.2) is 59.7 Å². The maximum atomic E-state index is 13.0. The van der Waals surface area contributed by atoms with Crippen molar-refractivity contribution in [2.24, 2.45) is 5.92 Å². The van der Waals surface area contributed by atoms with Crippen LogP contribution in [0.1, 0.15) is 33.1 Å². The molecule has 6 nitrogen and oxygen atoms in total. The van der Waals surface area contributed by atoms with Crippen molar-refractivity contribution in [3.8, 4) is 0 Å². The molecule has 0 unspecified atom stereocenters. The maximum absolute atomic E-state index is 13.0. The molecule has 2 fully saturated rings. The van der Waals surface area contributed by atoms with Gasteiger partial charge in [-0.25, -0.2) is 4.90 Å². The fraction of sp³-hybridized carbons (Fsp3) is 0.550. The van der Waals surface area contributed by atoms with Gasteiger partial charge in [-0.15, -0.1) is 0 Å². The highest BCUT2D eigenvalue weighted by molar-refractivity contribution is 9.10. The minimum absolute atomic E-state index is 0.0942. The van der Waals surface area contributed by atoms with Crippen molar-refractivity contribution in [3.63, 3.8) is 0 Å². The molecule has 2 saturated heterocycles. The number of benzene rings is 1. The SMILES string of the molecule is CCN(CC)C(=O)[C@@H]1CCCN([C@H]2CC(=O)N(c3ccc(Br)cc3)C2=O)C1. The number of halogens is 1. The van der Waals surface area contributed by atoms with Gasteiger partial charge in [0.2, 0.25) is 11.8 Å². The third kappa shape index (κ3) is 4.09. The average molecular weight is 436 g/mol. The molecule has 2 aliphatic rings. The van der Waals surface area contributed by atoms with Crippen molar-refractivity contribution < 1.29 is 14.4 Å². The number of anilines is 1. The molecule has 146 valence electrons. The molecule has 0 spiro atoms. The quantitative estimate of drug-likeness (QED) is 0.666. The van der Waals surface area contributed by atoms with Crippen molar-refractivity contribution in [2.75, 3.05) is 31.1 Å². The highest BCUT2D eigenvalue weighted by Crippen LogP contribution is 2.29. The van der Waals surface area contributed by atoms with Crippen LogP contribution in [0.3, 0.4) is 0 Å². The van der Waals surface area contributed by atoms with Gasteiger partial charge in [-0.2, -0.15) is 0 Å². The van der Waals surface area contributed by atoms with E-state index in [1.165, 1.54) is 4.90 Å². The van der Waals surface area contributed by atoms with E-state index in [0.29, 0.717) is 25.3 Å². The second-order valence-electron chi connectivity index (χ2n) is 7.11. The Labute approximate surface area is 168 Å². The summed E-state index contributed by atoms with van der Waals surface area (Å²) in [5, 5.41) is 0. The lowest BCUT2D eigenvalue weighted by molar-refractivity contribution is -0.138. The molecule has 2 atom stereocenters. The van der Waals surface area contributed by atoms with Crippen molar-refractivity contribution in [1.82, 2.24) is 9.80 Å². The zero-order chi connectivity index (χ0) is 19.6. The maximum Gasteiger partial charge on any atom is 0.251 e. The molecule has 1 aromatic carbocycles. The Morgan fingerprint density at radius 1 is 1.19 bits per heavy atom. The van der Waals surface area contributed by atoms with Crippen molar-refractivity contribution in [1.29, 1.82) is 0 Å². The number of piperidine rings is 1. The van der Waals surface area contributed by atoms with Crippen LogP contribution in [0.25, 0.3) is 0 Å². The van der Waals surface area contributed by atoms with E-state index in [1.807, 2.05) is 35.8 Å². The average Bonchev–Trinajstić information content (AvgIpc) is 2.98. The predicted molar refractivity (Wildman–Crippen MR) is 107 cm³/mol. The molecule has 0 saturated carbocycles. The molecule has 3 amide bonds. The van der Waals surface area contributed by atoms with E-state index < -0.39 is 6.04 Å². The zero-order valence-electron chi connectivity index (χ0n) is 15.9. The van der Waals surface area contributed by atoms with Gasteiger partial charge >= 0.3 is 0 Å². The van der Waals surface area contributed by atoms with E-state index in [9.17, 15) is 14.4 Å². The van der Waals surface area contributed by atoms with E-state index >= 15 is 0 Å². The minimum atomic E-state index is -0.464. The second-order valence-corrected chi connectivity index (χ2v) is 8.02. The van der Waals surface area contributed by atoms with Gasteiger partial charge in [0.25, 0.3) is 5.91 Å². The molecule has 2 aliphatic heterocycles. The zero-order valence-corrected chi connectivity index (χ0v) is 17.4. The van der Waals surface area contributed by atoms with Gasteiger partial charge in [0.05, 0.1) is 24.1 Å². The lowest BCUT2D eigenvalue weighted by atomic mass is 9.95. The Bertz CT molecular complexity index is 718. The summed E-state index contributed by atoms with van der Waals surface area (Å²) in [4.78, 5) is 43.4. The monoisotopic (exact) mass is 435 g/mol. The molecule has 2 heterocycles. The molecular weight excluding hydrogens is 410 g/mol. The van der Waals surface area contributed by atoms with Crippen molar-refractivity contribution >= 4 is 39.3 Å². The van der Waals surface area contributed by atoms with Crippen LogP contribution in [0.5, 0.6) is 0 Å². The number of carbonyl (C=O) groups is 3. The van der Waals surface area contributed by atoms with Gasteiger partial charge in [0.1, 0.15) is 0 Å². The normalized spacial score (nSPS) is 23.7. The van der Waals surface area contributed by atoms with Crippen LogP contribution in [0.2, 0.25) is 0 Å². The number of likely N-dealkylation sites (tertiary alicyclic amines) is 1. The van der Waals surface area contributed by atoms with Crippen LogP contribution in [-0.2, 0) is 14.4 Å². The molecule has 7 heteroatoms. The summed E-state index contributed by atoms with van der Waals surface area (Å²) in [6, 6.07) is 6.72. The van der Waals surface area contributed by atoms with Gasteiger partial charge in [-0.05, 0) is 57.5 Å². The summed E-state index contributed by atoms with van der Waals surface area (Å²) in [6.07, 6.45) is 1.89. The van der Waals surface area contributed by atoms with E-state index in [-0.39, 0.29) is 30.1 Å². The highest BCUT2D eigenvalue weighted by atomic mass is 79.9. The largest absolute Gasteiger partial charge is 0.343 e. The molecule has 3 rings (SSSR count). The van der Waals surface area contributed by atoms with Crippen molar-refractivity contribution in [2.45, 2.75) is 39.2 Å². The number of hydrogen-bond acceptors (Lipinski definition) is 4. The summed E-state index contributed by atoms with van der Waals surface area (Å²) in [5.41, 5.74) is 0.600. The first-order valence-corrected chi connectivity index (χ1v) is 10.4.